The summed E-state index contributed by atoms with van der Waals surface area (Å²) in [5.41, 5.74) is -0.220. The zero-order valence-electron chi connectivity index (χ0n) is 11.6. The molecular weight excluding hydrogens is 301 g/mol. The number of carbonyl (C=O) groups excluding carboxylic acids is 1. The number of ether oxygens (including phenoxy) is 2. The predicted molar refractivity (Wildman–Crippen MR) is 70.4 cm³/mol. The fourth-order valence-corrected chi connectivity index (χ4v) is 1.77. The summed E-state index contributed by atoms with van der Waals surface area (Å²) < 4.78 is 47.5. The molecule has 0 amide bonds. The van der Waals surface area contributed by atoms with E-state index in [0.717, 1.165) is 12.1 Å². The molecule has 1 heterocycles. The lowest BCUT2D eigenvalue weighted by Crippen LogP contribution is -2.07. The quantitative estimate of drug-likeness (QED) is 0.815. The molecule has 0 saturated carbocycles. The molecule has 0 atom stereocenters. The van der Waals surface area contributed by atoms with Gasteiger partial charge in [-0.05, 0) is 30.3 Å². The highest BCUT2D eigenvalue weighted by Gasteiger charge is 2.31. The molecule has 1 aromatic heterocycles. The Balaban J connectivity index is 2.42. The van der Waals surface area contributed by atoms with Crippen LogP contribution in [0.1, 0.15) is 16.1 Å². The highest BCUT2D eigenvalue weighted by atomic mass is 19.4. The van der Waals surface area contributed by atoms with Crippen molar-refractivity contribution in [2.24, 2.45) is 0 Å². The Labute approximate surface area is 123 Å². The van der Waals surface area contributed by atoms with E-state index in [4.69, 9.17) is 4.74 Å². The van der Waals surface area contributed by atoms with Crippen LogP contribution in [0.3, 0.4) is 0 Å². The van der Waals surface area contributed by atoms with Crippen molar-refractivity contribution < 1.29 is 27.4 Å². The Morgan fingerprint density at radius 2 is 1.82 bits per heavy atom. The highest BCUT2D eigenvalue weighted by Crippen LogP contribution is 2.36. The second-order valence-corrected chi connectivity index (χ2v) is 4.21. The zero-order valence-corrected chi connectivity index (χ0v) is 11.6. The van der Waals surface area contributed by atoms with Gasteiger partial charge in [0.25, 0.3) is 0 Å². The predicted octanol–water partition coefficient (Wildman–Crippen LogP) is 2.96. The number of hydrogen-bond donors (Lipinski definition) is 0. The summed E-state index contributed by atoms with van der Waals surface area (Å²) in [6.45, 7) is 0. The van der Waals surface area contributed by atoms with Crippen LogP contribution in [-0.2, 0) is 10.9 Å². The van der Waals surface area contributed by atoms with Crippen molar-refractivity contribution in [1.82, 2.24) is 10.2 Å². The third-order valence-electron chi connectivity index (χ3n) is 2.86. The van der Waals surface area contributed by atoms with Crippen LogP contribution in [0.4, 0.5) is 13.2 Å². The Morgan fingerprint density at radius 1 is 1.09 bits per heavy atom. The van der Waals surface area contributed by atoms with Gasteiger partial charge in [-0.2, -0.15) is 13.2 Å². The average molecular weight is 312 g/mol. The first-order valence-corrected chi connectivity index (χ1v) is 6.04. The van der Waals surface area contributed by atoms with Crippen molar-refractivity contribution in [2.75, 3.05) is 14.2 Å². The molecule has 0 fully saturated rings. The van der Waals surface area contributed by atoms with Gasteiger partial charge in [-0.1, -0.05) is 0 Å². The molecule has 8 heteroatoms. The lowest BCUT2D eigenvalue weighted by molar-refractivity contribution is -0.137. The Kier molecular flexibility index (Phi) is 4.30. The molecule has 0 N–H and O–H groups in total. The van der Waals surface area contributed by atoms with Gasteiger partial charge in [-0.25, -0.2) is 4.79 Å². The zero-order chi connectivity index (χ0) is 16.3. The first-order valence-electron chi connectivity index (χ1n) is 6.04. The van der Waals surface area contributed by atoms with Gasteiger partial charge >= 0.3 is 12.1 Å². The summed E-state index contributed by atoms with van der Waals surface area (Å²) >= 11 is 0. The second kappa shape index (κ2) is 6.00. The van der Waals surface area contributed by atoms with Crippen LogP contribution < -0.4 is 4.74 Å². The fraction of sp³-hybridized carbons (Fsp3) is 0.214. The minimum atomic E-state index is -4.47. The van der Waals surface area contributed by atoms with Crippen LogP contribution in [0, 0.1) is 0 Å². The van der Waals surface area contributed by atoms with E-state index in [9.17, 15) is 18.0 Å². The van der Waals surface area contributed by atoms with Crippen molar-refractivity contribution in [3.63, 3.8) is 0 Å². The average Bonchev–Trinajstić information content (AvgIpc) is 2.52. The van der Waals surface area contributed by atoms with Gasteiger partial charge in [-0.3, -0.25) is 0 Å². The topological polar surface area (TPSA) is 61.3 Å². The van der Waals surface area contributed by atoms with Gasteiger partial charge in [0.2, 0.25) is 0 Å². The van der Waals surface area contributed by atoms with E-state index in [1.165, 1.54) is 32.4 Å². The smallest absolute Gasteiger partial charge is 0.416 e. The van der Waals surface area contributed by atoms with Crippen molar-refractivity contribution >= 4 is 5.97 Å². The Morgan fingerprint density at radius 3 is 2.32 bits per heavy atom. The monoisotopic (exact) mass is 312 g/mol. The number of hydrogen-bond acceptors (Lipinski definition) is 5. The minimum Gasteiger partial charge on any atom is -0.496 e. The maximum Gasteiger partial charge on any atom is 0.416 e. The molecular formula is C14H11F3N2O3. The van der Waals surface area contributed by atoms with Crippen molar-refractivity contribution in [3.8, 4) is 17.0 Å². The summed E-state index contributed by atoms with van der Waals surface area (Å²) in [4.78, 5) is 11.3. The Bertz CT molecular complexity index is 685. The Hall–Kier alpha value is -2.64. The normalized spacial score (nSPS) is 11.1. The lowest BCUT2D eigenvalue weighted by atomic mass is 10.1. The molecule has 2 rings (SSSR count). The standard InChI is InChI=1S/C14H11F3N2O3/c1-21-12-7-8(14(15,16)17)3-4-9(12)10-5-6-11(19-18-10)13(20)22-2/h3-7H,1-2H3. The molecule has 0 aliphatic rings. The van der Waals surface area contributed by atoms with Gasteiger partial charge in [0.15, 0.2) is 5.69 Å². The summed E-state index contributed by atoms with van der Waals surface area (Å²) in [5, 5.41) is 7.48. The van der Waals surface area contributed by atoms with Crippen LogP contribution in [0.15, 0.2) is 30.3 Å². The maximum absolute atomic E-state index is 12.7. The van der Waals surface area contributed by atoms with Crippen molar-refractivity contribution in [1.29, 1.82) is 0 Å². The summed E-state index contributed by atoms with van der Waals surface area (Å²) in [5.74, 6) is -0.645. The first-order chi connectivity index (χ1) is 10.4. The lowest BCUT2D eigenvalue weighted by Gasteiger charge is -2.12. The molecule has 0 radical (unpaired) electrons. The van der Waals surface area contributed by atoms with Crippen molar-refractivity contribution in [2.45, 2.75) is 6.18 Å². The molecule has 0 unspecified atom stereocenters. The number of esters is 1. The van der Waals surface area contributed by atoms with E-state index in [0.29, 0.717) is 5.56 Å². The van der Waals surface area contributed by atoms with Gasteiger partial charge < -0.3 is 9.47 Å². The van der Waals surface area contributed by atoms with Crippen LogP contribution in [0.25, 0.3) is 11.3 Å². The van der Waals surface area contributed by atoms with Gasteiger partial charge in [0.05, 0.1) is 25.5 Å². The minimum absolute atomic E-state index is 0.00266. The number of nitrogens with zero attached hydrogens (tertiary/aromatic N) is 2. The number of halogens is 3. The van der Waals surface area contributed by atoms with Crippen LogP contribution in [-0.4, -0.2) is 30.4 Å². The SMILES string of the molecule is COC(=O)c1ccc(-c2ccc(C(F)(F)F)cc2OC)nn1. The van der Waals surface area contributed by atoms with E-state index >= 15 is 0 Å². The molecule has 0 aliphatic heterocycles. The van der Waals surface area contributed by atoms with Gasteiger partial charge in [0.1, 0.15) is 5.75 Å². The third-order valence-corrected chi connectivity index (χ3v) is 2.86. The van der Waals surface area contributed by atoms with E-state index in [1.54, 1.807) is 0 Å². The molecule has 0 saturated heterocycles. The van der Waals surface area contributed by atoms with E-state index in [-0.39, 0.29) is 17.1 Å². The first kappa shape index (κ1) is 15.7. The summed E-state index contributed by atoms with van der Waals surface area (Å²) in [6.07, 6.45) is -4.47. The largest absolute Gasteiger partial charge is 0.496 e. The van der Waals surface area contributed by atoms with Crippen LogP contribution >= 0.6 is 0 Å². The molecule has 0 spiro atoms. The molecule has 22 heavy (non-hydrogen) atoms. The number of alkyl halides is 3. The van der Waals surface area contributed by atoms with Gasteiger partial charge in [-0.15, -0.1) is 10.2 Å². The molecule has 1 aromatic carbocycles. The van der Waals surface area contributed by atoms with Gasteiger partial charge in [0, 0.05) is 5.56 Å². The van der Waals surface area contributed by atoms with E-state index in [2.05, 4.69) is 14.9 Å². The number of benzene rings is 1. The summed E-state index contributed by atoms with van der Waals surface area (Å²) in [7, 11) is 2.46. The van der Waals surface area contributed by atoms with Crippen molar-refractivity contribution in [3.05, 3.63) is 41.6 Å². The highest BCUT2D eigenvalue weighted by molar-refractivity contribution is 5.87. The summed E-state index contributed by atoms with van der Waals surface area (Å²) in [6, 6.07) is 5.86. The number of methoxy groups -OCH3 is 2. The number of aromatic nitrogens is 2. The fourth-order valence-electron chi connectivity index (χ4n) is 1.77. The molecule has 0 aliphatic carbocycles. The molecule has 0 bridgehead atoms. The maximum atomic E-state index is 12.7. The van der Waals surface area contributed by atoms with E-state index < -0.39 is 17.7 Å². The molecule has 2 aromatic rings. The van der Waals surface area contributed by atoms with Crippen LogP contribution in [0.2, 0.25) is 0 Å². The molecule has 5 nitrogen and oxygen atoms in total. The third kappa shape index (κ3) is 3.16. The van der Waals surface area contributed by atoms with Crippen LogP contribution in [0.5, 0.6) is 5.75 Å². The number of rotatable bonds is 3. The number of carbonyl (C=O) groups is 1. The van der Waals surface area contributed by atoms with E-state index in [1.807, 2.05) is 0 Å². The second-order valence-electron chi connectivity index (χ2n) is 4.21. The molecule has 116 valence electrons.